The van der Waals surface area contributed by atoms with Gasteiger partial charge in [-0.3, -0.25) is 0 Å². The predicted octanol–water partition coefficient (Wildman–Crippen LogP) is 1.18. The number of nitrogens with two attached hydrogens (primary N) is 1. The number of benzene rings is 1. The number of sulfonamides is 1. The van der Waals surface area contributed by atoms with Crippen molar-refractivity contribution in [2.45, 2.75) is 18.4 Å². The third-order valence-corrected chi connectivity index (χ3v) is 3.82. The number of hydrogen-bond acceptors (Lipinski definition) is 5. The van der Waals surface area contributed by atoms with Gasteiger partial charge >= 0.3 is 0 Å². The van der Waals surface area contributed by atoms with Crippen molar-refractivity contribution in [2.75, 3.05) is 5.73 Å². The average Bonchev–Trinajstić information content (AvgIpc) is 2.72. The van der Waals surface area contributed by atoms with Gasteiger partial charge in [-0.05, 0) is 25.1 Å². The number of nitrogens with zero attached hydrogens (tertiary/aromatic N) is 1. The largest absolute Gasteiger partial charge is 0.445 e. The van der Waals surface area contributed by atoms with Gasteiger partial charge in [0, 0.05) is 0 Å². The lowest BCUT2D eigenvalue weighted by Gasteiger charge is -2.07. The molecule has 0 fully saturated rings. The summed E-state index contributed by atoms with van der Waals surface area (Å²) in [6.07, 6.45) is 1.48. The van der Waals surface area contributed by atoms with Crippen LogP contribution >= 0.6 is 0 Å². The predicted molar refractivity (Wildman–Crippen MR) is 66.1 cm³/mol. The van der Waals surface area contributed by atoms with Crippen LogP contribution in [0.4, 0.5) is 10.1 Å². The van der Waals surface area contributed by atoms with Crippen LogP contribution in [0.2, 0.25) is 0 Å². The van der Waals surface area contributed by atoms with E-state index in [1.54, 1.807) is 6.92 Å². The minimum Gasteiger partial charge on any atom is -0.445 e. The van der Waals surface area contributed by atoms with Crippen LogP contribution in [0.5, 0.6) is 0 Å². The quantitative estimate of drug-likeness (QED) is 0.822. The summed E-state index contributed by atoms with van der Waals surface area (Å²) >= 11 is 0. The van der Waals surface area contributed by atoms with Gasteiger partial charge in [0.25, 0.3) is 0 Å². The van der Waals surface area contributed by atoms with Crippen molar-refractivity contribution in [1.29, 1.82) is 0 Å². The lowest BCUT2D eigenvalue weighted by molar-refractivity contribution is 0.463. The van der Waals surface area contributed by atoms with Crippen LogP contribution in [-0.4, -0.2) is 13.4 Å². The number of oxazole rings is 1. The molecule has 0 aliphatic rings. The summed E-state index contributed by atoms with van der Waals surface area (Å²) in [5.74, 6) is 0.219. The van der Waals surface area contributed by atoms with Gasteiger partial charge in [0.1, 0.15) is 16.5 Å². The Bertz CT molecular complexity index is 697. The fourth-order valence-electron chi connectivity index (χ4n) is 1.48. The Balaban J connectivity index is 2.18. The minimum atomic E-state index is -3.84. The Hall–Kier alpha value is -1.93. The maximum atomic E-state index is 12.9. The third kappa shape index (κ3) is 3.09. The second kappa shape index (κ2) is 4.98. The number of halogens is 1. The highest BCUT2D eigenvalue weighted by molar-refractivity contribution is 7.89. The minimum absolute atomic E-state index is 0.104. The van der Waals surface area contributed by atoms with Gasteiger partial charge in [0.05, 0.1) is 18.4 Å². The Kier molecular flexibility index (Phi) is 3.54. The summed E-state index contributed by atoms with van der Waals surface area (Å²) in [7, 11) is -3.84. The molecule has 1 aromatic heterocycles. The number of nitrogen functional groups attached to an aromatic ring is 1. The van der Waals surface area contributed by atoms with Crippen LogP contribution in [0.25, 0.3) is 0 Å². The highest BCUT2D eigenvalue weighted by atomic mass is 32.2. The fourth-order valence-corrected chi connectivity index (χ4v) is 2.57. The summed E-state index contributed by atoms with van der Waals surface area (Å²) in [6, 6.07) is 3.08. The maximum Gasteiger partial charge on any atom is 0.243 e. The molecule has 0 aliphatic heterocycles. The van der Waals surface area contributed by atoms with E-state index in [1.807, 2.05) is 0 Å². The number of aromatic nitrogens is 1. The maximum absolute atomic E-state index is 12.9. The molecule has 0 saturated carbocycles. The molecule has 0 aliphatic carbocycles. The molecule has 6 nitrogen and oxygen atoms in total. The van der Waals surface area contributed by atoms with Crippen molar-refractivity contribution in [3.05, 3.63) is 41.9 Å². The van der Waals surface area contributed by atoms with Crippen molar-refractivity contribution in [3.63, 3.8) is 0 Å². The topological polar surface area (TPSA) is 98.2 Å². The molecule has 0 spiro atoms. The molecule has 0 radical (unpaired) electrons. The molecule has 1 heterocycles. The first-order valence-corrected chi connectivity index (χ1v) is 6.83. The van der Waals surface area contributed by atoms with Gasteiger partial charge in [0.15, 0.2) is 0 Å². The molecule has 0 atom stereocenters. The van der Waals surface area contributed by atoms with Crippen molar-refractivity contribution >= 4 is 15.7 Å². The molecule has 0 amide bonds. The number of hydrogen-bond donors (Lipinski definition) is 2. The molecule has 3 N–H and O–H groups in total. The lowest BCUT2D eigenvalue weighted by atomic mass is 10.3. The molecule has 0 bridgehead atoms. The van der Waals surface area contributed by atoms with Crippen molar-refractivity contribution < 1.29 is 17.2 Å². The van der Waals surface area contributed by atoms with Crippen molar-refractivity contribution in [2.24, 2.45) is 0 Å². The van der Waals surface area contributed by atoms with Gasteiger partial charge in [-0.1, -0.05) is 0 Å². The van der Waals surface area contributed by atoms with E-state index in [2.05, 4.69) is 9.71 Å². The number of rotatable bonds is 4. The first-order chi connectivity index (χ1) is 8.88. The van der Waals surface area contributed by atoms with E-state index >= 15 is 0 Å². The first kappa shape index (κ1) is 13.5. The second-order valence-corrected chi connectivity index (χ2v) is 5.61. The van der Waals surface area contributed by atoms with Gasteiger partial charge in [-0.15, -0.1) is 0 Å². The van der Waals surface area contributed by atoms with E-state index in [-0.39, 0.29) is 23.0 Å². The molecule has 0 unspecified atom stereocenters. The highest BCUT2D eigenvalue weighted by Crippen LogP contribution is 2.19. The second-order valence-electron chi connectivity index (χ2n) is 3.87. The summed E-state index contributed by atoms with van der Waals surface area (Å²) < 4.78 is 44.2. The van der Waals surface area contributed by atoms with Crippen LogP contribution in [0, 0.1) is 12.7 Å². The zero-order valence-corrected chi connectivity index (χ0v) is 10.9. The Labute approximate surface area is 109 Å². The third-order valence-electron chi connectivity index (χ3n) is 2.34. The molecule has 102 valence electrons. The molecular weight excluding hydrogens is 273 g/mol. The summed E-state index contributed by atoms with van der Waals surface area (Å²) in [4.78, 5) is 3.68. The van der Waals surface area contributed by atoms with E-state index in [1.165, 1.54) is 6.20 Å². The van der Waals surface area contributed by atoms with Gasteiger partial charge in [0.2, 0.25) is 15.9 Å². The zero-order chi connectivity index (χ0) is 14.0. The highest BCUT2D eigenvalue weighted by Gasteiger charge is 2.18. The zero-order valence-electron chi connectivity index (χ0n) is 10.1. The molecule has 2 aromatic rings. The standard InChI is InChI=1S/C11H12FN3O3S/c1-7-5-14-11(18-7)6-15-19(16,17)10-3-2-8(12)4-9(10)13/h2-5,15H,6,13H2,1H3. The monoisotopic (exact) mass is 285 g/mol. The Morgan fingerprint density at radius 2 is 2.21 bits per heavy atom. The van der Waals surface area contributed by atoms with Crippen LogP contribution < -0.4 is 10.5 Å². The average molecular weight is 285 g/mol. The summed E-state index contributed by atoms with van der Waals surface area (Å²) in [5, 5.41) is 0. The van der Waals surface area contributed by atoms with E-state index in [0.717, 1.165) is 18.2 Å². The van der Waals surface area contributed by atoms with Crippen LogP contribution in [0.1, 0.15) is 11.7 Å². The Morgan fingerprint density at radius 1 is 1.47 bits per heavy atom. The van der Waals surface area contributed by atoms with Gasteiger partial charge in [-0.25, -0.2) is 22.5 Å². The number of anilines is 1. The summed E-state index contributed by atoms with van der Waals surface area (Å²) in [5.41, 5.74) is 5.33. The van der Waals surface area contributed by atoms with E-state index in [0.29, 0.717) is 5.76 Å². The molecule has 1 aromatic carbocycles. The number of nitrogens with one attached hydrogen (secondary N) is 1. The normalized spacial score (nSPS) is 11.7. The van der Waals surface area contributed by atoms with Crippen LogP contribution in [-0.2, 0) is 16.6 Å². The molecule has 0 saturated heterocycles. The SMILES string of the molecule is Cc1cnc(CNS(=O)(=O)c2ccc(F)cc2N)o1. The van der Waals surface area contributed by atoms with Crippen molar-refractivity contribution in [1.82, 2.24) is 9.71 Å². The molecule has 19 heavy (non-hydrogen) atoms. The fraction of sp³-hybridized carbons (Fsp3) is 0.182. The number of aryl methyl sites for hydroxylation is 1. The molecule has 2 rings (SSSR count). The van der Waals surface area contributed by atoms with Crippen LogP contribution in [0.3, 0.4) is 0 Å². The van der Waals surface area contributed by atoms with Gasteiger partial charge in [-0.2, -0.15) is 0 Å². The summed E-state index contributed by atoms with van der Waals surface area (Å²) in [6.45, 7) is 1.59. The van der Waals surface area contributed by atoms with Crippen LogP contribution in [0.15, 0.2) is 33.7 Å². The first-order valence-electron chi connectivity index (χ1n) is 5.34. The smallest absolute Gasteiger partial charge is 0.243 e. The van der Waals surface area contributed by atoms with Gasteiger partial charge < -0.3 is 10.2 Å². The van der Waals surface area contributed by atoms with Crippen molar-refractivity contribution in [3.8, 4) is 0 Å². The van der Waals surface area contributed by atoms with E-state index in [9.17, 15) is 12.8 Å². The van der Waals surface area contributed by atoms with E-state index in [4.69, 9.17) is 10.2 Å². The lowest BCUT2D eigenvalue weighted by Crippen LogP contribution is -2.24. The molecular formula is C11H12FN3O3S. The Morgan fingerprint density at radius 3 is 2.79 bits per heavy atom. The molecule has 8 heteroatoms. The van der Waals surface area contributed by atoms with E-state index < -0.39 is 15.8 Å².